The molecule has 1 aliphatic rings. The number of ether oxygens (including phenoxy) is 1. The van der Waals surface area contributed by atoms with Crippen molar-refractivity contribution in [3.8, 4) is 5.75 Å². The van der Waals surface area contributed by atoms with Crippen molar-refractivity contribution in [2.24, 2.45) is 0 Å². The molecule has 0 radical (unpaired) electrons. The molecule has 2 aromatic carbocycles. The molecule has 0 aromatic heterocycles. The topological polar surface area (TPSA) is 21.3 Å². The van der Waals surface area contributed by atoms with Crippen LogP contribution in [0.2, 0.25) is 0 Å². The maximum Gasteiger partial charge on any atom is 0.125 e. The van der Waals surface area contributed by atoms with Crippen molar-refractivity contribution in [2.75, 3.05) is 13.7 Å². The first-order valence-electron chi connectivity index (χ1n) is 7.34. The van der Waals surface area contributed by atoms with Crippen LogP contribution in [0.15, 0.2) is 48.5 Å². The molecule has 1 heterocycles. The van der Waals surface area contributed by atoms with Gasteiger partial charge < -0.3 is 10.1 Å². The predicted molar refractivity (Wildman–Crippen MR) is 82.2 cm³/mol. The molecule has 20 heavy (non-hydrogen) atoms. The zero-order valence-electron chi connectivity index (χ0n) is 11.9. The second-order valence-electron chi connectivity index (χ2n) is 5.29. The Labute approximate surface area is 120 Å². The minimum absolute atomic E-state index is 0.397. The third-order valence-corrected chi connectivity index (χ3v) is 4.05. The second-order valence-corrected chi connectivity index (χ2v) is 5.29. The molecule has 0 aliphatic carbocycles. The van der Waals surface area contributed by atoms with Crippen LogP contribution in [0.4, 0.5) is 0 Å². The summed E-state index contributed by atoms with van der Waals surface area (Å²) < 4.78 is 5.78. The van der Waals surface area contributed by atoms with E-state index in [9.17, 15) is 0 Å². The van der Waals surface area contributed by atoms with Gasteiger partial charge in [-0.15, -0.1) is 0 Å². The van der Waals surface area contributed by atoms with Crippen molar-refractivity contribution in [3.63, 3.8) is 0 Å². The van der Waals surface area contributed by atoms with E-state index in [0.717, 1.165) is 31.6 Å². The highest BCUT2D eigenvalue weighted by Gasteiger charge is 2.17. The van der Waals surface area contributed by atoms with Crippen LogP contribution in [0, 0.1) is 0 Å². The number of fused-ring (bicyclic) bond motifs is 1. The summed E-state index contributed by atoms with van der Waals surface area (Å²) in [7, 11) is 2.03. The van der Waals surface area contributed by atoms with E-state index in [0.29, 0.717) is 6.04 Å². The highest BCUT2D eigenvalue weighted by molar-refractivity contribution is 5.44. The van der Waals surface area contributed by atoms with Gasteiger partial charge in [0.05, 0.1) is 6.61 Å². The molecule has 3 rings (SSSR count). The zero-order valence-corrected chi connectivity index (χ0v) is 11.9. The van der Waals surface area contributed by atoms with Gasteiger partial charge in [0, 0.05) is 12.5 Å². The first-order valence-corrected chi connectivity index (χ1v) is 7.34. The van der Waals surface area contributed by atoms with Gasteiger partial charge in [-0.25, -0.2) is 0 Å². The lowest BCUT2D eigenvalue weighted by Crippen LogP contribution is -2.17. The molecule has 0 spiro atoms. The van der Waals surface area contributed by atoms with Crippen molar-refractivity contribution in [1.82, 2.24) is 5.32 Å². The molecule has 2 nitrogen and oxygen atoms in total. The van der Waals surface area contributed by atoms with Crippen LogP contribution in [0.1, 0.15) is 29.2 Å². The van der Waals surface area contributed by atoms with Crippen LogP contribution >= 0.6 is 0 Å². The van der Waals surface area contributed by atoms with Crippen molar-refractivity contribution >= 4 is 0 Å². The van der Waals surface area contributed by atoms with Crippen LogP contribution in [0.3, 0.4) is 0 Å². The molecule has 0 saturated carbocycles. The van der Waals surface area contributed by atoms with Crippen LogP contribution in [0.25, 0.3) is 0 Å². The summed E-state index contributed by atoms with van der Waals surface area (Å²) >= 11 is 0. The Bertz CT molecular complexity index is 565. The Morgan fingerprint density at radius 1 is 1.10 bits per heavy atom. The molecule has 1 aliphatic heterocycles. The Kier molecular flexibility index (Phi) is 4.03. The van der Waals surface area contributed by atoms with Crippen molar-refractivity contribution in [2.45, 2.75) is 25.3 Å². The number of rotatable bonds is 5. The van der Waals surface area contributed by atoms with Gasteiger partial charge in [0.15, 0.2) is 0 Å². The molecule has 0 amide bonds. The smallest absolute Gasteiger partial charge is 0.125 e. The standard InChI is InChI=1S/C18H21NO/c1-19-17(14-6-3-2-4-7-14)11-10-15-8-5-9-16-12-13-20-18(15)16/h2-9,17,19H,10-13H2,1H3. The van der Waals surface area contributed by atoms with Crippen LogP contribution in [0.5, 0.6) is 5.75 Å². The van der Waals surface area contributed by atoms with Gasteiger partial charge in [-0.3, -0.25) is 0 Å². The number of benzene rings is 2. The summed E-state index contributed by atoms with van der Waals surface area (Å²) in [6.45, 7) is 0.834. The van der Waals surface area contributed by atoms with E-state index in [2.05, 4.69) is 53.8 Å². The van der Waals surface area contributed by atoms with Gasteiger partial charge in [0.25, 0.3) is 0 Å². The Morgan fingerprint density at radius 2 is 1.95 bits per heavy atom. The SMILES string of the molecule is CNC(CCc1cccc2c1OCC2)c1ccccc1. The van der Waals surface area contributed by atoms with Gasteiger partial charge in [0.2, 0.25) is 0 Å². The maximum atomic E-state index is 5.78. The molecular weight excluding hydrogens is 246 g/mol. The number of hydrogen-bond acceptors (Lipinski definition) is 2. The first-order chi connectivity index (χ1) is 9.88. The average Bonchev–Trinajstić information content (AvgIpc) is 2.98. The van der Waals surface area contributed by atoms with E-state index in [1.54, 1.807) is 0 Å². The van der Waals surface area contributed by atoms with Crippen molar-refractivity contribution < 1.29 is 4.74 Å². The van der Waals surface area contributed by atoms with E-state index < -0.39 is 0 Å². The fraction of sp³-hybridized carbons (Fsp3) is 0.333. The van der Waals surface area contributed by atoms with Gasteiger partial charge in [-0.1, -0.05) is 48.5 Å². The molecule has 0 fully saturated rings. The zero-order chi connectivity index (χ0) is 13.8. The van der Waals surface area contributed by atoms with E-state index in [4.69, 9.17) is 4.74 Å². The minimum Gasteiger partial charge on any atom is -0.493 e. The minimum atomic E-state index is 0.397. The third-order valence-electron chi connectivity index (χ3n) is 4.05. The maximum absolute atomic E-state index is 5.78. The van der Waals surface area contributed by atoms with Gasteiger partial charge in [-0.2, -0.15) is 0 Å². The molecule has 1 atom stereocenters. The van der Waals surface area contributed by atoms with Crippen LogP contribution < -0.4 is 10.1 Å². The molecule has 1 N–H and O–H groups in total. The molecule has 2 aromatic rings. The average molecular weight is 267 g/mol. The monoisotopic (exact) mass is 267 g/mol. The lowest BCUT2D eigenvalue weighted by atomic mass is 9.97. The fourth-order valence-electron chi connectivity index (χ4n) is 2.94. The summed E-state index contributed by atoms with van der Waals surface area (Å²) in [4.78, 5) is 0. The van der Waals surface area contributed by atoms with Crippen molar-refractivity contribution in [1.29, 1.82) is 0 Å². The van der Waals surface area contributed by atoms with Gasteiger partial charge >= 0.3 is 0 Å². The highest BCUT2D eigenvalue weighted by Crippen LogP contribution is 2.31. The van der Waals surface area contributed by atoms with Gasteiger partial charge in [0.1, 0.15) is 5.75 Å². The molecule has 0 bridgehead atoms. The van der Waals surface area contributed by atoms with E-state index in [1.165, 1.54) is 16.7 Å². The molecule has 0 saturated heterocycles. The van der Waals surface area contributed by atoms with Crippen molar-refractivity contribution in [3.05, 3.63) is 65.2 Å². The molecule has 1 unspecified atom stereocenters. The third kappa shape index (κ3) is 2.70. The van der Waals surface area contributed by atoms with E-state index in [-0.39, 0.29) is 0 Å². The molecular formula is C18H21NO. The Hall–Kier alpha value is -1.80. The summed E-state index contributed by atoms with van der Waals surface area (Å²) in [6, 6.07) is 17.6. The lowest BCUT2D eigenvalue weighted by molar-refractivity contribution is 0.352. The predicted octanol–water partition coefficient (Wildman–Crippen LogP) is 3.51. The summed E-state index contributed by atoms with van der Waals surface area (Å²) in [5, 5.41) is 3.42. The quantitative estimate of drug-likeness (QED) is 0.895. The largest absolute Gasteiger partial charge is 0.493 e. The number of aryl methyl sites for hydroxylation is 1. The summed E-state index contributed by atoms with van der Waals surface area (Å²) in [5.41, 5.74) is 4.06. The number of nitrogens with one attached hydrogen (secondary N) is 1. The Morgan fingerprint density at radius 3 is 2.75 bits per heavy atom. The fourth-order valence-corrected chi connectivity index (χ4v) is 2.94. The van der Waals surface area contributed by atoms with E-state index >= 15 is 0 Å². The Balaban J connectivity index is 1.71. The number of hydrogen-bond donors (Lipinski definition) is 1. The highest BCUT2D eigenvalue weighted by atomic mass is 16.5. The van der Waals surface area contributed by atoms with Gasteiger partial charge in [-0.05, 0) is 36.6 Å². The van der Waals surface area contributed by atoms with Crippen LogP contribution in [-0.4, -0.2) is 13.7 Å². The normalized spacial score (nSPS) is 14.7. The first kappa shape index (κ1) is 13.2. The second kappa shape index (κ2) is 6.10. The van der Waals surface area contributed by atoms with Crippen LogP contribution in [-0.2, 0) is 12.8 Å². The lowest BCUT2D eigenvalue weighted by Gasteiger charge is -2.17. The summed E-state index contributed by atoms with van der Waals surface area (Å²) in [6.07, 6.45) is 3.18. The summed E-state index contributed by atoms with van der Waals surface area (Å²) in [5.74, 6) is 1.13. The van der Waals surface area contributed by atoms with E-state index in [1.807, 2.05) is 7.05 Å². The molecule has 104 valence electrons. The molecule has 2 heteroatoms. The number of para-hydroxylation sites is 1.